The maximum atomic E-state index is 13.4. The minimum Gasteiger partial charge on any atom is -0.495 e. The largest absolute Gasteiger partial charge is 0.495 e. The number of carbonyl (C=O) groups excluding carboxylic acids is 1. The summed E-state index contributed by atoms with van der Waals surface area (Å²) in [5.74, 6) is -2.91. The molecule has 3 rings (SSSR count). The van der Waals surface area contributed by atoms with Crippen LogP contribution in [0.25, 0.3) is 0 Å². The number of aliphatic hydroxyl groups is 1. The first-order chi connectivity index (χ1) is 14.6. The molecule has 2 atom stereocenters. The van der Waals surface area contributed by atoms with Crippen LogP contribution < -0.4 is 10.1 Å². The molecule has 8 nitrogen and oxygen atoms in total. The third kappa shape index (κ3) is 5.18. The van der Waals surface area contributed by atoms with Crippen molar-refractivity contribution in [2.24, 2.45) is 0 Å². The molecule has 0 aliphatic carbocycles. The number of nitrogens with one attached hydrogen (secondary N) is 1. The highest BCUT2D eigenvalue weighted by molar-refractivity contribution is 7.89. The van der Waals surface area contributed by atoms with Gasteiger partial charge in [0.05, 0.1) is 25.9 Å². The summed E-state index contributed by atoms with van der Waals surface area (Å²) in [5.41, 5.74) is -0.0329. The summed E-state index contributed by atoms with van der Waals surface area (Å²) in [4.78, 5) is 12.3. The highest BCUT2D eigenvalue weighted by Crippen LogP contribution is 2.29. The molecular weight excluding hydrogens is 434 g/mol. The van der Waals surface area contributed by atoms with E-state index in [0.29, 0.717) is 0 Å². The summed E-state index contributed by atoms with van der Waals surface area (Å²) in [6, 6.07) is 6.65. The zero-order chi connectivity index (χ0) is 22.8. The number of hydrogen-bond donors (Lipinski definition) is 2. The lowest BCUT2D eigenvalue weighted by atomic mass is 10.2. The first kappa shape index (κ1) is 23.1. The Kier molecular flexibility index (Phi) is 6.90. The topological polar surface area (TPSA) is 105 Å². The van der Waals surface area contributed by atoms with E-state index in [1.165, 1.54) is 25.3 Å². The van der Waals surface area contributed by atoms with Crippen molar-refractivity contribution in [2.45, 2.75) is 24.0 Å². The number of nitrogens with zero attached hydrogens (tertiary/aromatic N) is 1. The monoisotopic (exact) mass is 456 g/mol. The average molecular weight is 456 g/mol. The van der Waals surface area contributed by atoms with Gasteiger partial charge < -0.3 is 19.9 Å². The number of hydrogen-bond acceptors (Lipinski definition) is 6. The van der Waals surface area contributed by atoms with Crippen LogP contribution in [-0.2, 0) is 14.8 Å². The molecule has 2 aromatic rings. The normalized spacial score (nSPS) is 20.2. The highest BCUT2D eigenvalue weighted by Gasteiger charge is 2.33. The van der Waals surface area contributed by atoms with Crippen molar-refractivity contribution < 1.29 is 36.6 Å². The third-order valence-electron chi connectivity index (χ3n) is 4.67. The van der Waals surface area contributed by atoms with E-state index in [-0.39, 0.29) is 41.6 Å². The number of anilines is 1. The fraction of sp³-hybridized carbons (Fsp3) is 0.350. The van der Waals surface area contributed by atoms with Crippen LogP contribution >= 0.6 is 0 Å². The van der Waals surface area contributed by atoms with Crippen molar-refractivity contribution >= 4 is 21.6 Å². The van der Waals surface area contributed by atoms with Crippen molar-refractivity contribution in [3.05, 3.63) is 53.6 Å². The molecule has 0 aromatic heterocycles. The number of carbonyl (C=O) groups is 1. The Morgan fingerprint density at radius 2 is 1.94 bits per heavy atom. The Labute approximate surface area is 178 Å². The number of halogens is 2. The van der Waals surface area contributed by atoms with Gasteiger partial charge in [-0.15, -0.1) is 0 Å². The van der Waals surface area contributed by atoms with Crippen LogP contribution in [0.2, 0.25) is 0 Å². The molecular formula is C20H22F2N2O6S. The van der Waals surface area contributed by atoms with E-state index < -0.39 is 39.8 Å². The molecule has 1 saturated heterocycles. The van der Waals surface area contributed by atoms with Gasteiger partial charge in [0.2, 0.25) is 10.0 Å². The molecule has 1 aliphatic rings. The zero-order valence-electron chi connectivity index (χ0n) is 16.8. The van der Waals surface area contributed by atoms with Crippen molar-refractivity contribution in [1.29, 1.82) is 0 Å². The van der Waals surface area contributed by atoms with Crippen LogP contribution in [0.1, 0.15) is 17.3 Å². The van der Waals surface area contributed by atoms with Crippen molar-refractivity contribution in [3.8, 4) is 5.75 Å². The lowest BCUT2D eigenvalue weighted by molar-refractivity contribution is 0.0216. The molecule has 2 unspecified atom stereocenters. The quantitative estimate of drug-likeness (QED) is 0.713. The number of rotatable bonds is 5. The molecule has 168 valence electrons. The van der Waals surface area contributed by atoms with Crippen LogP contribution in [0.5, 0.6) is 5.75 Å². The highest BCUT2D eigenvalue weighted by atomic mass is 32.2. The average Bonchev–Trinajstić information content (AvgIpc) is 2.91. The van der Waals surface area contributed by atoms with Gasteiger partial charge in [0.15, 0.2) is 11.6 Å². The van der Waals surface area contributed by atoms with E-state index in [2.05, 4.69) is 5.32 Å². The minimum atomic E-state index is -4.16. The molecule has 2 aromatic carbocycles. The van der Waals surface area contributed by atoms with E-state index in [1.54, 1.807) is 6.92 Å². The van der Waals surface area contributed by atoms with E-state index in [0.717, 1.165) is 22.5 Å². The number of amides is 1. The van der Waals surface area contributed by atoms with Gasteiger partial charge in [0.25, 0.3) is 5.91 Å². The van der Waals surface area contributed by atoms with E-state index >= 15 is 0 Å². The molecule has 1 amide bonds. The number of benzene rings is 2. The second-order valence-corrected chi connectivity index (χ2v) is 8.97. The van der Waals surface area contributed by atoms with Gasteiger partial charge in [0, 0.05) is 30.4 Å². The van der Waals surface area contributed by atoms with Gasteiger partial charge in [0.1, 0.15) is 10.6 Å². The first-order valence-electron chi connectivity index (χ1n) is 9.36. The molecule has 11 heteroatoms. The van der Waals surface area contributed by atoms with Crippen LogP contribution in [0.15, 0.2) is 41.3 Å². The number of ether oxygens (including phenoxy) is 2. The van der Waals surface area contributed by atoms with Crippen LogP contribution in [-0.4, -0.2) is 62.8 Å². The van der Waals surface area contributed by atoms with Gasteiger partial charge in [-0.1, -0.05) is 0 Å². The summed E-state index contributed by atoms with van der Waals surface area (Å²) >= 11 is 0. The fourth-order valence-corrected chi connectivity index (χ4v) is 4.84. The zero-order valence-corrected chi connectivity index (χ0v) is 17.7. The second-order valence-electron chi connectivity index (χ2n) is 7.07. The van der Waals surface area contributed by atoms with Gasteiger partial charge in [-0.25, -0.2) is 17.2 Å². The predicted octanol–water partition coefficient (Wildman–Crippen LogP) is 2.00. The van der Waals surface area contributed by atoms with Crippen LogP contribution in [0.4, 0.5) is 14.5 Å². The summed E-state index contributed by atoms with van der Waals surface area (Å²) in [6.45, 7) is 1.51. The van der Waals surface area contributed by atoms with Crippen LogP contribution in [0, 0.1) is 11.6 Å². The fourth-order valence-electron chi connectivity index (χ4n) is 3.11. The van der Waals surface area contributed by atoms with Gasteiger partial charge >= 0.3 is 0 Å². The molecule has 31 heavy (non-hydrogen) atoms. The molecule has 0 spiro atoms. The van der Waals surface area contributed by atoms with E-state index in [4.69, 9.17) is 9.47 Å². The van der Waals surface area contributed by atoms with Gasteiger partial charge in [-0.2, -0.15) is 4.31 Å². The Morgan fingerprint density at radius 3 is 2.61 bits per heavy atom. The Balaban J connectivity index is 1.94. The number of aliphatic hydroxyl groups excluding tert-OH is 1. The Bertz CT molecular complexity index is 1070. The van der Waals surface area contributed by atoms with Crippen molar-refractivity contribution in [3.63, 3.8) is 0 Å². The molecule has 2 N–H and O–H groups in total. The standard InChI is InChI=1S/C20H22F2N2O6S/c1-12-9-24(10-15(25)11-30-12)31(27,28)19-7-13(3-6-18(19)29-2)20(26)23-14-4-5-16(21)17(22)8-14/h3-8,12,15,25H,9-11H2,1-2H3,(H,23,26). The lowest BCUT2D eigenvalue weighted by Crippen LogP contribution is -2.39. The molecule has 1 aliphatic heterocycles. The van der Waals surface area contributed by atoms with Gasteiger partial charge in [-0.3, -0.25) is 4.79 Å². The lowest BCUT2D eigenvalue weighted by Gasteiger charge is -2.23. The predicted molar refractivity (Wildman–Crippen MR) is 107 cm³/mol. The summed E-state index contributed by atoms with van der Waals surface area (Å²) in [6.07, 6.45) is -1.46. The number of sulfonamides is 1. The Hall–Kier alpha value is -2.60. The second kappa shape index (κ2) is 9.27. The first-order valence-corrected chi connectivity index (χ1v) is 10.8. The summed E-state index contributed by atoms with van der Waals surface area (Å²) in [5, 5.41) is 12.4. The van der Waals surface area contributed by atoms with Crippen molar-refractivity contribution in [2.75, 3.05) is 32.1 Å². The molecule has 0 saturated carbocycles. The molecule has 1 heterocycles. The number of methoxy groups -OCH3 is 1. The van der Waals surface area contributed by atoms with E-state index in [9.17, 15) is 27.1 Å². The maximum absolute atomic E-state index is 13.4. The maximum Gasteiger partial charge on any atom is 0.255 e. The molecule has 0 radical (unpaired) electrons. The SMILES string of the molecule is COc1ccc(C(=O)Nc2ccc(F)c(F)c2)cc1S(=O)(=O)N1CC(O)COC(C)C1. The molecule has 1 fully saturated rings. The third-order valence-corrected chi connectivity index (χ3v) is 6.52. The minimum absolute atomic E-state index is 0.000989. The number of β-amino-alcohol motifs (C(OH)–C–C–N with tert-alkyl or cyclic N) is 1. The van der Waals surface area contributed by atoms with E-state index in [1.807, 2.05) is 0 Å². The smallest absolute Gasteiger partial charge is 0.255 e. The van der Waals surface area contributed by atoms with Crippen LogP contribution in [0.3, 0.4) is 0 Å². The Morgan fingerprint density at radius 1 is 1.19 bits per heavy atom. The summed E-state index contributed by atoms with van der Waals surface area (Å²) in [7, 11) is -2.87. The van der Waals surface area contributed by atoms with Gasteiger partial charge in [-0.05, 0) is 37.3 Å². The van der Waals surface area contributed by atoms with Crippen molar-refractivity contribution in [1.82, 2.24) is 4.31 Å². The summed E-state index contributed by atoms with van der Waals surface area (Å²) < 4.78 is 64.7. The molecule has 0 bridgehead atoms.